The molecule has 2 fully saturated rings. The standard InChI is InChI=1S/C14H26O2/c1-2-3-4-5-6-7-8-9-10-11-12-14-13(15-14)16-14/h13H,2-12H2,1H3. The molecular weight excluding hydrogens is 200 g/mol. The van der Waals surface area contributed by atoms with Crippen LogP contribution in [0.2, 0.25) is 0 Å². The van der Waals surface area contributed by atoms with Crippen molar-refractivity contribution in [3.05, 3.63) is 0 Å². The number of unbranched alkanes of at least 4 members (excludes halogenated alkanes) is 9. The summed E-state index contributed by atoms with van der Waals surface area (Å²) in [5.74, 6) is -0.0415. The summed E-state index contributed by atoms with van der Waals surface area (Å²) in [6.07, 6.45) is 15.3. The first kappa shape index (κ1) is 12.4. The minimum absolute atomic E-state index is 0.0415. The molecule has 2 aliphatic rings. The molecular formula is C14H26O2. The number of ether oxygens (including phenoxy) is 2. The molecule has 0 bridgehead atoms. The third kappa shape index (κ3) is 3.74. The highest BCUT2D eigenvalue weighted by atomic mass is 17.0. The summed E-state index contributed by atoms with van der Waals surface area (Å²) in [6, 6.07) is 0. The third-order valence-corrected chi connectivity index (χ3v) is 3.74. The van der Waals surface area contributed by atoms with Crippen LogP contribution in [0.25, 0.3) is 0 Å². The van der Waals surface area contributed by atoms with Crippen LogP contribution in [0, 0.1) is 0 Å². The van der Waals surface area contributed by atoms with E-state index in [1.807, 2.05) is 0 Å². The number of hydrogen-bond acceptors (Lipinski definition) is 2. The maximum absolute atomic E-state index is 5.25. The first-order valence-corrected chi connectivity index (χ1v) is 7.23. The first-order valence-electron chi connectivity index (χ1n) is 7.23. The Morgan fingerprint density at radius 1 is 0.750 bits per heavy atom. The zero-order valence-corrected chi connectivity index (χ0v) is 10.7. The van der Waals surface area contributed by atoms with Gasteiger partial charge in [0.25, 0.3) is 0 Å². The van der Waals surface area contributed by atoms with Crippen molar-refractivity contribution in [3.8, 4) is 0 Å². The molecule has 0 radical (unpaired) electrons. The summed E-state index contributed by atoms with van der Waals surface area (Å²) in [6.45, 7) is 2.28. The van der Waals surface area contributed by atoms with Gasteiger partial charge in [-0.1, -0.05) is 64.7 Å². The van der Waals surface area contributed by atoms with Crippen LogP contribution in [0.1, 0.15) is 77.6 Å². The molecule has 2 saturated heterocycles. The van der Waals surface area contributed by atoms with E-state index in [1.165, 1.54) is 64.2 Å². The van der Waals surface area contributed by atoms with Crippen molar-refractivity contribution in [1.29, 1.82) is 0 Å². The predicted octanol–water partition coefficient (Wildman–Crippen LogP) is 4.38. The monoisotopic (exact) mass is 226 g/mol. The Kier molecular flexibility index (Phi) is 4.66. The van der Waals surface area contributed by atoms with Crippen molar-refractivity contribution in [1.82, 2.24) is 0 Å². The molecule has 0 aromatic rings. The predicted molar refractivity (Wildman–Crippen MR) is 65.2 cm³/mol. The molecule has 0 saturated carbocycles. The molecule has 94 valence electrons. The summed E-state index contributed by atoms with van der Waals surface area (Å²) in [5, 5.41) is 0. The van der Waals surface area contributed by atoms with E-state index in [0.717, 1.165) is 6.42 Å². The van der Waals surface area contributed by atoms with Crippen molar-refractivity contribution in [2.45, 2.75) is 89.6 Å². The topological polar surface area (TPSA) is 25.1 Å². The molecule has 0 aliphatic carbocycles. The second-order valence-electron chi connectivity index (χ2n) is 5.31. The van der Waals surface area contributed by atoms with Gasteiger partial charge in [-0.15, -0.1) is 0 Å². The van der Waals surface area contributed by atoms with Gasteiger partial charge in [-0.2, -0.15) is 0 Å². The molecule has 2 heterocycles. The average Bonchev–Trinajstić information content (AvgIpc) is 3.10. The highest BCUT2D eigenvalue weighted by Crippen LogP contribution is 2.59. The molecule has 0 spiro atoms. The molecule has 0 amide bonds. The summed E-state index contributed by atoms with van der Waals surface area (Å²) >= 11 is 0. The lowest BCUT2D eigenvalue weighted by molar-refractivity contribution is -0.0542. The summed E-state index contributed by atoms with van der Waals surface area (Å²) in [4.78, 5) is 0. The van der Waals surface area contributed by atoms with Crippen LogP contribution in [0.15, 0.2) is 0 Å². The highest BCUT2D eigenvalue weighted by molar-refractivity contribution is 5.02. The Morgan fingerprint density at radius 2 is 1.19 bits per heavy atom. The molecule has 0 N–H and O–H groups in total. The van der Waals surface area contributed by atoms with Crippen LogP contribution in [-0.4, -0.2) is 12.1 Å². The number of fused-ring (bicyclic) bond motifs is 1. The van der Waals surface area contributed by atoms with Crippen LogP contribution in [-0.2, 0) is 9.47 Å². The molecule has 0 unspecified atom stereocenters. The van der Waals surface area contributed by atoms with Gasteiger partial charge in [-0.25, -0.2) is 0 Å². The second-order valence-corrected chi connectivity index (χ2v) is 5.31. The normalized spacial score (nSPS) is 30.2. The van der Waals surface area contributed by atoms with Gasteiger partial charge in [0.15, 0.2) is 0 Å². The fourth-order valence-electron chi connectivity index (χ4n) is 2.40. The van der Waals surface area contributed by atoms with Crippen LogP contribution in [0.3, 0.4) is 0 Å². The maximum atomic E-state index is 5.25. The van der Waals surface area contributed by atoms with E-state index >= 15 is 0 Å². The summed E-state index contributed by atoms with van der Waals surface area (Å²) in [7, 11) is 0. The molecule has 2 heteroatoms. The van der Waals surface area contributed by atoms with Crippen LogP contribution >= 0.6 is 0 Å². The van der Waals surface area contributed by atoms with Crippen molar-refractivity contribution in [2.75, 3.05) is 0 Å². The van der Waals surface area contributed by atoms with Crippen LogP contribution < -0.4 is 0 Å². The van der Waals surface area contributed by atoms with Gasteiger partial charge in [0.2, 0.25) is 12.1 Å². The lowest BCUT2D eigenvalue weighted by atomic mass is 10.1. The van der Waals surface area contributed by atoms with Crippen LogP contribution in [0.4, 0.5) is 0 Å². The SMILES string of the molecule is CCCCCCCCCCCCC12OC1O2. The molecule has 2 nitrogen and oxygen atoms in total. The van der Waals surface area contributed by atoms with E-state index in [-0.39, 0.29) is 12.1 Å². The third-order valence-electron chi connectivity index (χ3n) is 3.74. The second kappa shape index (κ2) is 6.02. The smallest absolute Gasteiger partial charge is 0.225 e. The van der Waals surface area contributed by atoms with E-state index in [4.69, 9.17) is 9.47 Å². The Morgan fingerprint density at radius 3 is 1.62 bits per heavy atom. The molecule has 2 rings (SSSR count). The molecule has 2 aliphatic heterocycles. The minimum atomic E-state index is -0.0415. The van der Waals surface area contributed by atoms with E-state index in [9.17, 15) is 0 Å². The fourth-order valence-corrected chi connectivity index (χ4v) is 2.40. The van der Waals surface area contributed by atoms with Gasteiger partial charge in [-0.05, 0) is 6.42 Å². The van der Waals surface area contributed by atoms with Gasteiger partial charge in [0.05, 0.1) is 0 Å². The lowest BCUT2D eigenvalue weighted by Gasteiger charge is -2.02. The highest BCUT2D eigenvalue weighted by Gasteiger charge is 2.76. The van der Waals surface area contributed by atoms with Gasteiger partial charge in [-0.3, -0.25) is 0 Å². The van der Waals surface area contributed by atoms with Crippen molar-refractivity contribution in [2.24, 2.45) is 0 Å². The van der Waals surface area contributed by atoms with Gasteiger partial charge in [0.1, 0.15) is 0 Å². The number of rotatable bonds is 11. The largest absolute Gasteiger partial charge is 0.310 e. The minimum Gasteiger partial charge on any atom is -0.310 e. The molecule has 0 atom stereocenters. The zero-order valence-electron chi connectivity index (χ0n) is 10.7. The summed E-state index contributed by atoms with van der Waals surface area (Å²) < 4.78 is 10.5. The number of hydrogen-bond donors (Lipinski definition) is 0. The van der Waals surface area contributed by atoms with Crippen molar-refractivity contribution in [3.63, 3.8) is 0 Å². The molecule has 0 aromatic heterocycles. The van der Waals surface area contributed by atoms with Gasteiger partial charge in [0, 0.05) is 6.42 Å². The van der Waals surface area contributed by atoms with Gasteiger partial charge >= 0.3 is 0 Å². The Hall–Kier alpha value is -0.0800. The molecule has 16 heavy (non-hydrogen) atoms. The van der Waals surface area contributed by atoms with Gasteiger partial charge < -0.3 is 9.47 Å². The maximum Gasteiger partial charge on any atom is 0.225 e. The average molecular weight is 226 g/mol. The van der Waals surface area contributed by atoms with Crippen molar-refractivity contribution >= 4 is 0 Å². The number of epoxide rings is 2. The lowest BCUT2D eigenvalue weighted by Crippen LogP contribution is -1.97. The van der Waals surface area contributed by atoms with E-state index in [2.05, 4.69) is 6.92 Å². The van der Waals surface area contributed by atoms with Crippen molar-refractivity contribution < 1.29 is 9.47 Å². The Balaban J connectivity index is 1.25. The first-order chi connectivity index (χ1) is 7.87. The Bertz CT molecular complexity index is 197. The fraction of sp³-hybridized carbons (Fsp3) is 1.00. The summed E-state index contributed by atoms with van der Waals surface area (Å²) in [5.41, 5.74) is 0. The zero-order chi connectivity index (χ0) is 11.3. The quantitative estimate of drug-likeness (QED) is 0.386. The van der Waals surface area contributed by atoms with E-state index in [0.29, 0.717) is 0 Å². The van der Waals surface area contributed by atoms with Crippen LogP contribution in [0.5, 0.6) is 0 Å². The molecule has 0 aromatic carbocycles. The van der Waals surface area contributed by atoms with E-state index < -0.39 is 0 Å². The Labute approximate surface area is 99.7 Å². The van der Waals surface area contributed by atoms with E-state index in [1.54, 1.807) is 0 Å².